The number of hydrogen-bond donors (Lipinski definition) is 1. The normalized spacial score (nSPS) is 11.9. The highest BCUT2D eigenvalue weighted by Crippen LogP contribution is 2.22. The van der Waals surface area contributed by atoms with Gasteiger partial charge in [0.25, 0.3) is 5.91 Å². The fourth-order valence-corrected chi connectivity index (χ4v) is 2.08. The van der Waals surface area contributed by atoms with Crippen LogP contribution in [0.1, 0.15) is 18.1 Å². The van der Waals surface area contributed by atoms with Gasteiger partial charge < -0.3 is 10.1 Å². The van der Waals surface area contributed by atoms with Gasteiger partial charge in [-0.05, 0) is 56.2 Å². The molecule has 0 aliphatic carbocycles. The Balaban J connectivity index is 2.05. The molecular formula is C17H17ClFNO2. The number of amides is 1. The molecular weight excluding hydrogens is 305 g/mol. The van der Waals surface area contributed by atoms with Gasteiger partial charge in [-0.25, -0.2) is 4.39 Å². The number of halogens is 2. The number of rotatable bonds is 4. The minimum Gasteiger partial charge on any atom is -0.481 e. The lowest BCUT2D eigenvalue weighted by molar-refractivity contribution is -0.122. The average Bonchev–Trinajstić information content (AvgIpc) is 2.46. The third kappa shape index (κ3) is 3.98. The molecule has 0 aliphatic rings. The Labute approximate surface area is 134 Å². The number of nitrogens with one attached hydrogen (secondary N) is 1. The number of aryl methyl sites for hydroxylation is 2. The van der Waals surface area contributed by atoms with Crippen LogP contribution in [-0.4, -0.2) is 12.0 Å². The predicted molar refractivity (Wildman–Crippen MR) is 86.0 cm³/mol. The van der Waals surface area contributed by atoms with Gasteiger partial charge in [-0.2, -0.15) is 0 Å². The van der Waals surface area contributed by atoms with Gasteiger partial charge in [0.1, 0.15) is 11.6 Å². The number of anilines is 1. The lowest BCUT2D eigenvalue weighted by Gasteiger charge is -2.17. The third-order valence-corrected chi connectivity index (χ3v) is 3.49. The summed E-state index contributed by atoms with van der Waals surface area (Å²) in [7, 11) is 0. The van der Waals surface area contributed by atoms with Gasteiger partial charge in [0.05, 0.1) is 5.02 Å². The molecule has 2 aromatic rings. The Morgan fingerprint density at radius 2 is 1.95 bits per heavy atom. The Kier molecular flexibility index (Phi) is 5.03. The zero-order valence-corrected chi connectivity index (χ0v) is 13.4. The molecule has 0 aromatic heterocycles. The van der Waals surface area contributed by atoms with Gasteiger partial charge in [-0.15, -0.1) is 0 Å². The van der Waals surface area contributed by atoms with Crippen LogP contribution in [0.15, 0.2) is 36.4 Å². The smallest absolute Gasteiger partial charge is 0.265 e. The van der Waals surface area contributed by atoms with Crippen LogP contribution in [0.2, 0.25) is 5.02 Å². The lowest BCUT2D eigenvalue weighted by atomic mass is 10.1. The monoisotopic (exact) mass is 321 g/mol. The number of hydrogen-bond acceptors (Lipinski definition) is 2. The predicted octanol–water partition coefficient (Wildman–Crippen LogP) is 4.50. The SMILES string of the molecule is Cc1ccc(C)c(O[C@H](C)C(=O)Nc2ccc(F)c(Cl)c2)c1. The second-order valence-corrected chi connectivity index (χ2v) is 5.55. The third-order valence-electron chi connectivity index (χ3n) is 3.20. The van der Waals surface area contributed by atoms with E-state index in [-0.39, 0.29) is 10.9 Å². The van der Waals surface area contributed by atoms with Crippen LogP contribution in [-0.2, 0) is 4.79 Å². The Bertz CT molecular complexity index is 703. The summed E-state index contributed by atoms with van der Waals surface area (Å²) in [6.07, 6.45) is -0.690. The fraction of sp³-hybridized carbons (Fsp3) is 0.235. The number of benzene rings is 2. The molecule has 5 heteroatoms. The molecule has 0 unspecified atom stereocenters. The second kappa shape index (κ2) is 6.79. The molecule has 2 rings (SSSR count). The van der Waals surface area contributed by atoms with Crippen LogP contribution in [0.25, 0.3) is 0 Å². The largest absolute Gasteiger partial charge is 0.481 e. The molecule has 0 fully saturated rings. The molecule has 0 radical (unpaired) electrons. The molecule has 1 atom stereocenters. The molecule has 0 heterocycles. The summed E-state index contributed by atoms with van der Waals surface area (Å²) >= 11 is 5.69. The maximum atomic E-state index is 13.1. The first-order chi connectivity index (χ1) is 10.4. The van der Waals surface area contributed by atoms with Crippen molar-refractivity contribution in [3.63, 3.8) is 0 Å². The van der Waals surface area contributed by atoms with Gasteiger partial charge in [-0.3, -0.25) is 4.79 Å². The molecule has 22 heavy (non-hydrogen) atoms. The van der Waals surface area contributed by atoms with Crippen LogP contribution in [0, 0.1) is 19.7 Å². The van der Waals surface area contributed by atoms with E-state index in [1.807, 2.05) is 32.0 Å². The van der Waals surface area contributed by atoms with Crippen molar-refractivity contribution in [3.05, 3.63) is 58.4 Å². The van der Waals surface area contributed by atoms with Crippen molar-refractivity contribution in [1.82, 2.24) is 0 Å². The van der Waals surface area contributed by atoms with Crippen molar-refractivity contribution < 1.29 is 13.9 Å². The molecule has 0 saturated heterocycles. The summed E-state index contributed by atoms with van der Waals surface area (Å²) in [4.78, 5) is 12.1. The summed E-state index contributed by atoms with van der Waals surface area (Å²) in [5, 5.41) is 2.61. The maximum Gasteiger partial charge on any atom is 0.265 e. The van der Waals surface area contributed by atoms with Gasteiger partial charge in [0.2, 0.25) is 0 Å². The molecule has 1 N–H and O–H groups in total. The molecule has 0 aliphatic heterocycles. The minimum absolute atomic E-state index is 0.0408. The average molecular weight is 322 g/mol. The maximum absolute atomic E-state index is 13.1. The molecule has 2 aromatic carbocycles. The Morgan fingerprint density at radius 3 is 2.64 bits per heavy atom. The van der Waals surface area contributed by atoms with E-state index in [2.05, 4.69) is 5.32 Å². The van der Waals surface area contributed by atoms with Crippen LogP contribution in [0.4, 0.5) is 10.1 Å². The van der Waals surface area contributed by atoms with Crippen molar-refractivity contribution in [2.24, 2.45) is 0 Å². The highest BCUT2D eigenvalue weighted by atomic mass is 35.5. The molecule has 0 saturated carbocycles. The van der Waals surface area contributed by atoms with Crippen molar-refractivity contribution in [2.75, 3.05) is 5.32 Å². The van der Waals surface area contributed by atoms with E-state index in [9.17, 15) is 9.18 Å². The molecule has 0 bridgehead atoms. The highest BCUT2D eigenvalue weighted by molar-refractivity contribution is 6.31. The Morgan fingerprint density at radius 1 is 1.23 bits per heavy atom. The van der Waals surface area contributed by atoms with Crippen LogP contribution in [0.3, 0.4) is 0 Å². The van der Waals surface area contributed by atoms with E-state index in [0.717, 1.165) is 11.1 Å². The minimum atomic E-state index is -0.690. The van der Waals surface area contributed by atoms with E-state index in [1.54, 1.807) is 6.92 Å². The van der Waals surface area contributed by atoms with Gasteiger partial charge >= 0.3 is 0 Å². The fourth-order valence-electron chi connectivity index (χ4n) is 1.90. The standard InChI is InChI=1S/C17H17ClFNO2/c1-10-4-5-11(2)16(8-10)22-12(3)17(21)20-13-6-7-15(19)14(18)9-13/h4-9,12H,1-3H3,(H,20,21)/t12-/m1/s1. The van der Waals surface area contributed by atoms with Gasteiger partial charge in [-0.1, -0.05) is 23.7 Å². The highest BCUT2D eigenvalue weighted by Gasteiger charge is 2.16. The summed E-state index contributed by atoms with van der Waals surface area (Å²) in [5.41, 5.74) is 2.43. The van der Waals surface area contributed by atoms with Gasteiger partial charge in [0, 0.05) is 5.69 Å². The molecule has 3 nitrogen and oxygen atoms in total. The van der Waals surface area contributed by atoms with E-state index in [0.29, 0.717) is 11.4 Å². The van der Waals surface area contributed by atoms with Crippen LogP contribution in [0.5, 0.6) is 5.75 Å². The van der Waals surface area contributed by atoms with Gasteiger partial charge in [0.15, 0.2) is 6.10 Å². The topological polar surface area (TPSA) is 38.3 Å². The van der Waals surface area contributed by atoms with E-state index in [4.69, 9.17) is 16.3 Å². The first-order valence-electron chi connectivity index (χ1n) is 6.86. The second-order valence-electron chi connectivity index (χ2n) is 5.15. The summed E-state index contributed by atoms with van der Waals surface area (Å²) < 4.78 is 18.8. The number of ether oxygens (including phenoxy) is 1. The number of carbonyl (C=O) groups is 1. The summed E-state index contributed by atoms with van der Waals surface area (Å²) in [6.45, 7) is 5.53. The van der Waals surface area contributed by atoms with E-state index in [1.165, 1.54) is 18.2 Å². The molecule has 116 valence electrons. The molecule has 0 spiro atoms. The first-order valence-corrected chi connectivity index (χ1v) is 7.24. The zero-order chi connectivity index (χ0) is 16.3. The first kappa shape index (κ1) is 16.3. The number of carbonyl (C=O) groups excluding carboxylic acids is 1. The quantitative estimate of drug-likeness (QED) is 0.900. The van der Waals surface area contributed by atoms with Crippen molar-refractivity contribution in [1.29, 1.82) is 0 Å². The van der Waals surface area contributed by atoms with Crippen molar-refractivity contribution in [3.8, 4) is 5.75 Å². The molecule has 1 amide bonds. The summed E-state index contributed by atoms with van der Waals surface area (Å²) in [6, 6.07) is 9.81. The summed E-state index contributed by atoms with van der Waals surface area (Å²) in [5.74, 6) is -0.192. The van der Waals surface area contributed by atoms with E-state index < -0.39 is 11.9 Å². The zero-order valence-electron chi connectivity index (χ0n) is 12.6. The van der Waals surface area contributed by atoms with Crippen molar-refractivity contribution >= 4 is 23.2 Å². The van der Waals surface area contributed by atoms with Crippen molar-refractivity contribution in [2.45, 2.75) is 26.9 Å². The van der Waals surface area contributed by atoms with E-state index >= 15 is 0 Å². The van der Waals surface area contributed by atoms with Crippen LogP contribution < -0.4 is 10.1 Å². The Hall–Kier alpha value is -2.07. The van der Waals surface area contributed by atoms with Crippen LogP contribution >= 0.6 is 11.6 Å². The lowest BCUT2D eigenvalue weighted by Crippen LogP contribution is -2.30.